The molecule has 1 heterocycles. The number of esters is 1. The van der Waals surface area contributed by atoms with E-state index in [1.807, 2.05) is 13.8 Å². The molecule has 0 saturated carbocycles. The SMILES string of the molecule is CCOC(=O)[C@@H]1[C@H]2CN(C(=O)Nc3cc(OC)ccc3OC)C[C@@H]2C=C[C@@H]1C. The van der Waals surface area contributed by atoms with Crippen LogP contribution in [0.25, 0.3) is 0 Å². The Hall–Kier alpha value is -2.70. The number of carbonyl (C=O) groups is 2. The zero-order valence-electron chi connectivity index (χ0n) is 16.8. The third-order valence-electron chi connectivity index (χ3n) is 5.60. The van der Waals surface area contributed by atoms with Crippen LogP contribution in [0.5, 0.6) is 11.5 Å². The van der Waals surface area contributed by atoms with Crippen molar-refractivity contribution in [3.63, 3.8) is 0 Å². The molecule has 1 aromatic rings. The Kier molecular flexibility index (Phi) is 6.11. The van der Waals surface area contributed by atoms with E-state index in [4.69, 9.17) is 14.2 Å². The minimum absolute atomic E-state index is 0.0667. The maximum Gasteiger partial charge on any atom is 0.321 e. The Bertz CT molecular complexity index is 763. The molecule has 3 rings (SSSR count). The van der Waals surface area contributed by atoms with E-state index in [0.717, 1.165) is 0 Å². The van der Waals surface area contributed by atoms with Gasteiger partial charge in [0.25, 0.3) is 0 Å². The monoisotopic (exact) mass is 388 g/mol. The first-order valence-corrected chi connectivity index (χ1v) is 9.61. The van der Waals surface area contributed by atoms with E-state index in [1.165, 1.54) is 0 Å². The second-order valence-electron chi connectivity index (χ2n) is 7.25. The number of methoxy groups -OCH3 is 2. The molecule has 4 atom stereocenters. The predicted octanol–water partition coefficient (Wildman–Crippen LogP) is 3.17. The molecule has 7 nitrogen and oxygen atoms in total. The lowest BCUT2D eigenvalue weighted by atomic mass is 9.72. The Labute approximate surface area is 165 Å². The number of ether oxygens (including phenoxy) is 3. The number of fused-ring (bicyclic) bond motifs is 1. The van der Waals surface area contributed by atoms with Crippen LogP contribution in [0, 0.1) is 23.7 Å². The minimum Gasteiger partial charge on any atom is -0.497 e. The maximum absolute atomic E-state index is 12.9. The van der Waals surface area contributed by atoms with Gasteiger partial charge in [-0.15, -0.1) is 0 Å². The summed E-state index contributed by atoms with van der Waals surface area (Å²) in [5.41, 5.74) is 0.549. The average molecular weight is 388 g/mol. The van der Waals surface area contributed by atoms with Crippen molar-refractivity contribution in [2.24, 2.45) is 23.7 Å². The van der Waals surface area contributed by atoms with Crippen LogP contribution in [0.2, 0.25) is 0 Å². The van der Waals surface area contributed by atoms with Crippen molar-refractivity contribution in [1.29, 1.82) is 0 Å². The summed E-state index contributed by atoms with van der Waals surface area (Å²) >= 11 is 0. The van der Waals surface area contributed by atoms with E-state index in [-0.39, 0.29) is 35.7 Å². The molecule has 0 bridgehead atoms. The molecule has 1 fully saturated rings. The number of allylic oxidation sites excluding steroid dienone is 1. The molecule has 1 saturated heterocycles. The highest BCUT2D eigenvalue weighted by Crippen LogP contribution is 2.40. The fourth-order valence-electron chi connectivity index (χ4n) is 4.17. The second kappa shape index (κ2) is 8.54. The van der Waals surface area contributed by atoms with Crippen LogP contribution in [0.15, 0.2) is 30.4 Å². The summed E-state index contributed by atoms with van der Waals surface area (Å²) in [6, 6.07) is 5.03. The average Bonchev–Trinajstić information content (AvgIpc) is 3.12. The summed E-state index contributed by atoms with van der Waals surface area (Å²) in [5.74, 6) is 1.11. The number of amides is 2. The lowest BCUT2D eigenvalue weighted by molar-refractivity contribution is -0.152. The molecule has 0 spiro atoms. The fourth-order valence-corrected chi connectivity index (χ4v) is 4.17. The first kappa shape index (κ1) is 20.0. The number of nitrogens with zero attached hydrogens (tertiary/aromatic N) is 1. The van der Waals surface area contributed by atoms with Gasteiger partial charge in [0.15, 0.2) is 0 Å². The molecule has 7 heteroatoms. The van der Waals surface area contributed by atoms with Gasteiger partial charge in [0.05, 0.1) is 32.4 Å². The first-order valence-electron chi connectivity index (χ1n) is 9.61. The van der Waals surface area contributed by atoms with Crippen LogP contribution in [-0.4, -0.2) is 50.8 Å². The quantitative estimate of drug-likeness (QED) is 0.619. The molecule has 2 aliphatic rings. The molecule has 0 radical (unpaired) electrons. The number of urea groups is 1. The Morgan fingerprint density at radius 3 is 2.64 bits per heavy atom. The van der Waals surface area contributed by atoms with Crippen LogP contribution in [-0.2, 0) is 9.53 Å². The zero-order chi connectivity index (χ0) is 20.3. The lowest BCUT2D eigenvalue weighted by Crippen LogP contribution is -2.38. The third kappa shape index (κ3) is 3.93. The summed E-state index contributed by atoms with van der Waals surface area (Å²) in [6.45, 7) is 5.29. The summed E-state index contributed by atoms with van der Waals surface area (Å²) in [5, 5.41) is 2.91. The highest BCUT2D eigenvalue weighted by molar-refractivity contribution is 5.91. The van der Waals surface area contributed by atoms with Gasteiger partial charge in [0, 0.05) is 19.2 Å². The van der Waals surface area contributed by atoms with Crippen molar-refractivity contribution in [3.05, 3.63) is 30.4 Å². The molecule has 2 amide bonds. The van der Waals surface area contributed by atoms with Crippen LogP contribution in [0.3, 0.4) is 0 Å². The zero-order valence-corrected chi connectivity index (χ0v) is 16.8. The molecule has 1 aliphatic heterocycles. The van der Waals surface area contributed by atoms with Gasteiger partial charge in [-0.2, -0.15) is 0 Å². The molecule has 0 aromatic heterocycles. The van der Waals surface area contributed by atoms with Gasteiger partial charge < -0.3 is 24.4 Å². The number of hydrogen-bond acceptors (Lipinski definition) is 5. The van der Waals surface area contributed by atoms with Gasteiger partial charge in [0.1, 0.15) is 11.5 Å². The van der Waals surface area contributed by atoms with Gasteiger partial charge in [-0.05, 0) is 36.8 Å². The number of benzene rings is 1. The second-order valence-corrected chi connectivity index (χ2v) is 7.25. The summed E-state index contributed by atoms with van der Waals surface area (Å²) in [6.07, 6.45) is 4.19. The Morgan fingerprint density at radius 1 is 1.18 bits per heavy atom. The van der Waals surface area contributed by atoms with Gasteiger partial charge in [-0.25, -0.2) is 4.79 Å². The van der Waals surface area contributed by atoms with Crippen molar-refractivity contribution in [2.45, 2.75) is 13.8 Å². The Morgan fingerprint density at radius 2 is 1.96 bits per heavy atom. The topological polar surface area (TPSA) is 77.1 Å². The highest BCUT2D eigenvalue weighted by atomic mass is 16.5. The van der Waals surface area contributed by atoms with Crippen molar-refractivity contribution in [1.82, 2.24) is 4.90 Å². The molecular weight excluding hydrogens is 360 g/mol. The minimum atomic E-state index is -0.223. The van der Waals surface area contributed by atoms with E-state index in [0.29, 0.717) is 36.9 Å². The fraction of sp³-hybridized carbons (Fsp3) is 0.524. The van der Waals surface area contributed by atoms with E-state index in [1.54, 1.807) is 37.3 Å². The largest absolute Gasteiger partial charge is 0.497 e. The normalized spacial score (nSPS) is 25.8. The number of rotatable bonds is 5. The van der Waals surface area contributed by atoms with E-state index >= 15 is 0 Å². The number of anilines is 1. The molecule has 1 aliphatic carbocycles. The maximum atomic E-state index is 12.9. The van der Waals surface area contributed by atoms with Gasteiger partial charge >= 0.3 is 12.0 Å². The highest BCUT2D eigenvalue weighted by Gasteiger charge is 2.46. The summed E-state index contributed by atoms with van der Waals surface area (Å²) in [4.78, 5) is 27.1. The van der Waals surface area contributed by atoms with Crippen LogP contribution in [0.1, 0.15) is 13.8 Å². The van der Waals surface area contributed by atoms with Crippen LogP contribution < -0.4 is 14.8 Å². The van der Waals surface area contributed by atoms with Crippen molar-refractivity contribution >= 4 is 17.7 Å². The van der Waals surface area contributed by atoms with Crippen molar-refractivity contribution in [3.8, 4) is 11.5 Å². The van der Waals surface area contributed by atoms with E-state index in [9.17, 15) is 9.59 Å². The van der Waals surface area contributed by atoms with Crippen LogP contribution in [0.4, 0.5) is 10.5 Å². The van der Waals surface area contributed by atoms with Crippen molar-refractivity contribution < 1.29 is 23.8 Å². The third-order valence-corrected chi connectivity index (χ3v) is 5.60. The molecule has 152 valence electrons. The van der Waals surface area contributed by atoms with Gasteiger partial charge in [-0.1, -0.05) is 19.1 Å². The van der Waals surface area contributed by atoms with Crippen LogP contribution >= 0.6 is 0 Å². The molecular formula is C21H28N2O5. The van der Waals surface area contributed by atoms with Gasteiger partial charge in [-0.3, -0.25) is 4.79 Å². The Balaban J connectivity index is 1.74. The van der Waals surface area contributed by atoms with E-state index in [2.05, 4.69) is 17.5 Å². The molecule has 28 heavy (non-hydrogen) atoms. The number of nitrogens with one attached hydrogen (secondary N) is 1. The van der Waals surface area contributed by atoms with Crippen molar-refractivity contribution in [2.75, 3.05) is 39.2 Å². The number of carbonyl (C=O) groups excluding carboxylic acids is 2. The number of likely N-dealkylation sites (tertiary alicyclic amines) is 1. The molecule has 1 aromatic carbocycles. The molecule has 1 N–H and O–H groups in total. The lowest BCUT2D eigenvalue weighted by Gasteiger charge is -2.31. The first-order chi connectivity index (χ1) is 13.5. The van der Waals surface area contributed by atoms with Gasteiger partial charge in [0.2, 0.25) is 0 Å². The summed E-state index contributed by atoms with van der Waals surface area (Å²) in [7, 11) is 3.12. The summed E-state index contributed by atoms with van der Waals surface area (Å²) < 4.78 is 15.8. The standard InChI is InChI=1S/C21H28N2O5/c1-5-28-20(24)19-13(2)6-7-14-11-23(12-16(14)19)21(25)22-17-10-15(26-3)8-9-18(17)27-4/h6-10,13-14,16,19H,5,11-12H2,1-4H3,(H,22,25)/t13-,14-,16-,19-/m0/s1. The number of hydrogen-bond donors (Lipinski definition) is 1. The van der Waals surface area contributed by atoms with E-state index < -0.39 is 0 Å². The molecule has 0 unspecified atom stereocenters. The predicted molar refractivity (Wildman–Crippen MR) is 106 cm³/mol. The smallest absolute Gasteiger partial charge is 0.321 e.